The number of methoxy groups -OCH3 is 2. The first-order valence-corrected chi connectivity index (χ1v) is 7.76. The van der Waals surface area contributed by atoms with Gasteiger partial charge in [0, 0.05) is 36.3 Å². The third-order valence-corrected chi connectivity index (χ3v) is 3.73. The maximum absolute atomic E-state index is 11.3. The third-order valence-electron chi connectivity index (χ3n) is 3.73. The van der Waals surface area contributed by atoms with Crippen LogP contribution in [0.4, 0.5) is 5.69 Å². The number of aromatic nitrogens is 2. The number of nitrogens with zero attached hydrogens (tertiary/aromatic N) is 2. The van der Waals surface area contributed by atoms with Crippen molar-refractivity contribution in [1.29, 1.82) is 0 Å². The zero-order valence-electron chi connectivity index (χ0n) is 14.3. The molecule has 1 aromatic heterocycles. The van der Waals surface area contributed by atoms with Gasteiger partial charge in [0.1, 0.15) is 5.82 Å². The van der Waals surface area contributed by atoms with E-state index in [0.717, 1.165) is 22.8 Å². The minimum Gasteiger partial charge on any atom is -0.493 e. The van der Waals surface area contributed by atoms with E-state index in [1.54, 1.807) is 20.4 Å². The quantitative estimate of drug-likeness (QED) is 0.774. The predicted molar refractivity (Wildman–Crippen MR) is 96.4 cm³/mol. The highest BCUT2D eigenvalue weighted by Gasteiger charge is 2.12. The van der Waals surface area contributed by atoms with Crippen molar-refractivity contribution < 1.29 is 14.3 Å². The molecular formula is C19H19N3O3. The summed E-state index contributed by atoms with van der Waals surface area (Å²) in [4.78, 5) is 15.7. The molecule has 3 aromatic rings. The van der Waals surface area contributed by atoms with Gasteiger partial charge in [-0.15, -0.1) is 0 Å². The molecule has 6 nitrogen and oxygen atoms in total. The van der Waals surface area contributed by atoms with Gasteiger partial charge in [0.25, 0.3) is 0 Å². The van der Waals surface area contributed by atoms with Crippen molar-refractivity contribution in [2.24, 2.45) is 0 Å². The zero-order chi connectivity index (χ0) is 17.8. The van der Waals surface area contributed by atoms with Crippen molar-refractivity contribution >= 4 is 11.6 Å². The molecule has 25 heavy (non-hydrogen) atoms. The lowest BCUT2D eigenvalue weighted by Crippen LogP contribution is -2.06. The number of anilines is 1. The Bertz CT molecular complexity index is 902. The van der Waals surface area contributed by atoms with E-state index in [1.165, 1.54) is 6.92 Å². The largest absolute Gasteiger partial charge is 0.493 e. The number of rotatable bonds is 5. The lowest BCUT2D eigenvalue weighted by molar-refractivity contribution is -0.114. The fourth-order valence-corrected chi connectivity index (χ4v) is 2.64. The van der Waals surface area contributed by atoms with Crippen LogP contribution in [0.2, 0.25) is 0 Å². The van der Waals surface area contributed by atoms with Gasteiger partial charge in [0.15, 0.2) is 11.5 Å². The third kappa shape index (κ3) is 3.47. The van der Waals surface area contributed by atoms with Crippen LogP contribution in [-0.4, -0.2) is 29.7 Å². The number of ether oxygens (including phenoxy) is 2. The lowest BCUT2D eigenvalue weighted by Gasteiger charge is -2.12. The van der Waals surface area contributed by atoms with E-state index >= 15 is 0 Å². The Labute approximate surface area is 146 Å². The van der Waals surface area contributed by atoms with E-state index < -0.39 is 0 Å². The molecule has 0 spiro atoms. The second-order valence-corrected chi connectivity index (χ2v) is 5.42. The molecule has 0 atom stereocenters. The summed E-state index contributed by atoms with van der Waals surface area (Å²) in [5.41, 5.74) is 2.53. The molecule has 0 aliphatic carbocycles. The molecule has 0 unspecified atom stereocenters. The molecule has 0 bridgehead atoms. The molecule has 1 heterocycles. The molecule has 0 radical (unpaired) electrons. The Morgan fingerprint density at radius 2 is 1.88 bits per heavy atom. The Balaban J connectivity index is 2.03. The van der Waals surface area contributed by atoms with Crippen LogP contribution in [-0.2, 0) is 4.79 Å². The van der Waals surface area contributed by atoms with Gasteiger partial charge in [0.2, 0.25) is 5.91 Å². The van der Waals surface area contributed by atoms with Crippen molar-refractivity contribution in [3.05, 3.63) is 54.9 Å². The summed E-state index contributed by atoms with van der Waals surface area (Å²) in [6.07, 6.45) is 3.61. The van der Waals surface area contributed by atoms with E-state index in [1.807, 2.05) is 53.2 Å². The van der Waals surface area contributed by atoms with Gasteiger partial charge in [-0.05, 0) is 36.4 Å². The molecule has 3 rings (SSSR count). The predicted octanol–water partition coefficient (Wildman–Crippen LogP) is 3.51. The first-order valence-electron chi connectivity index (χ1n) is 7.76. The number of benzene rings is 2. The summed E-state index contributed by atoms with van der Waals surface area (Å²) in [5.74, 6) is 1.96. The number of hydrogen-bond donors (Lipinski definition) is 1. The Hall–Kier alpha value is -3.28. The average Bonchev–Trinajstić information content (AvgIpc) is 3.10. The Morgan fingerprint density at radius 1 is 1.08 bits per heavy atom. The number of amides is 1. The Kier molecular flexibility index (Phi) is 4.70. The number of carbonyl (C=O) groups is 1. The standard InChI is InChI=1S/C19H19N3O3/c1-13(23)21-15-5-4-6-16(12-15)22-10-9-20-19(22)14-7-8-17(24-2)18(11-14)25-3/h4-12H,1-3H3,(H,21,23). The molecule has 0 fully saturated rings. The molecule has 128 valence electrons. The van der Waals surface area contributed by atoms with Crippen molar-refractivity contribution in [3.63, 3.8) is 0 Å². The van der Waals surface area contributed by atoms with E-state index in [4.69, 9.17) is 9.47 Å². The van der Waals surface area contributed by atoms with Crippen molar-refractivity contribution in [2.45, 2.75) is 6.92 Å². The summed E-state index contributed by atoms with van der Waals surface area (Å²) >= 11 is 0. The monoisotopic (exact) mass is 337 g/mol. The Morgan fingerprint density at radius 3 is 2.60 bits per heavy atom. The molecule has 1 amide bonds. The number of hydrogen-bond acceptors (Lipinski definition) is 4. The van der Waals surface area contributed by atoms with Crippen LogP contribution in [0.3, 0.4) is 0 Å². The molecule has 0 aliphatic rings. The van der Waals surface area contributed by atoms with Gasteiger partial charge in [-0.25, -0.2) is 4.98 Å². The van der Waals surface area contributed by atoms with Gasteiger partial charge in [-0.3, -0.25) is 9.36 Å². The summed E-state index contributed by atoms with van der Waals surface area (Å²) in [6, 6.07) is 13.2. The van der Waals surface area contributed by atoms with Gasteiger partial charge in [-0.2, -0.15) is 0 Å². The fraction of sp³-hybridized carbons (Fsp3) is 0.158. The van der Waals surface area contributed by atoms with Crippen molar-refractivity contribution in [3.8, 4) is 28.6 Å². The van der Waals surface area contributed by atoms with Crippen molar-refractivity contribution in [2.75, 3.05) is 19.5 Å². The van der Waals surface area contributed by atoms with Crippen LogP contribution >= 0.6 is 0 Å². The first kappa shape index (κ1) is 16.6. The van der Waals surface area contributed by atoms with Crippen LogP contribution in [0, 0.1) is 0 Å². The maximum atomic E-state index is 11.3. The maximum Gasteiger partial charge on any atom is 0.221 e. The minimum absolute atomic E-state index is 0.108. The van der Waals surface area contributed by atoms with Gasteiger partial charge >= 0.3 is 0 Å². The van der Waals surface area contributed by atoms with Crippen LogP contribution in [0.1, 0.15) is 6.92 Å². The highest BCUT2D eigenvalue weighted by atomic mass is 16.5. The molecule has 0 saturated heterocycles. The second-order valence-electron chi connectivity index (χ2n) is 5.42. The first-order chi connectivity index (χ1) is 12.1. The zero-order valence-corrected chi connectivity index (χ0v) is 14.3. The van der Waals surface area contributed by atoms with Crippen LogP contribution in [0.25, 0.3) is 17.1 Å². The summed E-state index contributed by atoms with van der Waals surface area (Å²) in [5, 5.41) is 2.79. The summed E-state index contributed by atoms with van der Waals surface area (Å²) < 4.78 is 12.6. The smallest absolute Gasteiger partial charge is 0.221 e. The number of imidazole rings is 1. The lowest BCUT2D eigenvalue weighted by atomic mass is 10.1. The van der Waals surface area contributed by atoms with Crippen LogP contribution < -0.4 is 14.8 Å². The number of carbonyl (C=O) groups excluding carboxylic acids is 1. The minimum atomic E-state index is -0.108. The second kappa shape index (κ2) is 7.09. The fourth-order valence-electron chi connectivity index (χ4n) is 2.64. The summed E-state index contributed by atoms with van der Waals surface area (Å²) in [6.45, 7) is 1.49. The van der Waals surface area contributed by atoms with E-state index in [9.17, 15) is 4.79 Å². The average molecular weight is 337 g/mol. The van der Waals surface area contributed by atoms with Crippen LogP contribution in [0.15, 0.2) is 54.9 Å². The van der Waals surface area contributed by atoms with Gasteiger partial charge < -0.3 is 14.8 Å². The van der Waals surface area contributed by atoms with E-state index in [0.29, 0.717) is 11.5 Å². The van der Waals surface area contributed by atoms with Gasteiger partial charge in [0.05, 0.1) is 14.2 Å². The van der Waals surface area contributed by atoms with E-state index in [2.05, 4.69) is 10.3 Å². The highest BCUT2D eigenvalue weighted by Crippen LogP contribution is 2.32. The molecule has 0 aliphatic heterocycles. The van der Waals surface area contributed by atoms with Crippen LogP contribution in [0.5, 0.6) is 11.5 Å². The topological polar surface area (TPSA) is 65.4 Å². The molecule has 0 saturated carbocycles. The summed E-state index contributed by atoms with van der Waals surface area (Å²) in [7, 11) is 3.21. The SMILES string of the molecule is COc1ccc(-c2nccn2-c2cccc(NC(C)=O)c2)cc1OC. The molecule has 6 heteroatoms. The normalized spacial score (nSPS) is 10.4. The molecular weight excluding hydrogens is 318 g/mol. The van der Waals surface area contributed by atoms with Crippen molar-refractivity contribution in [1.82, 2.24) is 9.55 Å². The molecule has 2 aromatic carbocycles. The van der Waals surface area contributed by atoms with E-state index in [-0.39, 0.29) is 5.91 Å². The highest BCUT2D eigenvalue weighted by molar-refractivity contribution is 5.89. The number of nitrogens with one attached hydrogen (secondary N) is 1. The molecule has 1 N–H and O–H groups in total. The van der Waals surface area contributed by atoms with Gasteiger partial charge in [-0.1, -0.05) is 6.07 Å².